The lowest BCUT2D eigenvalue weighted by atomic mass is 9.80. The van der Waals surface area contributed by atoms with Crippen molar-refractivity contribution in [1.29, 1.82) is 0 Å². The van der Waals surface area contributed by atoms with Gasteiger partial charge < -0.3 is 10.0 Å². The van der Waals surface area contributed by atoms with E-state index in [1.54, 1.807) is 24.3 Å². The minimum absolute atomic E-state index is 0.412. The molecule has 76 valence electrons. The molecule has 1 aromatic heterocycles. The van der Waals surface area contributed by atoms with Crippen molar-refractivity contribution in [3.8, 4) is 0 Å². The zero-order valence-electron chi connectivity index (χ0n) is 8.11. The minimum atomic E-state index is -1.48. The molecule has 0 fully saturated rings. The number of fused-ring (bicyclic) bond motifs is 1. The fourth-order valence-corrected chi connectivity index (χ4v) is 1.80. The molecule has 0 amide bonds. The van der Waals surface area contributed by atoms with Crippen LogP contribution in [0.25, 0.3) is 10.9 Å². The molecule has 1 heterocycles. The van der Waals surface area contributed by atoms with Crippen molar-refractivity contribution in [2.75, 3.05) is 0 Å². The zero-order chi connectivity index (χ0) is 11.0. The highest BCUT2D eigenvalue weighted by molar-refractivity contribution is 6.59. The number of halogens is 1. The first-order chi connectivity index (χ1) is 7.08. The monoisotopic (exact) mass is 221 g/mol. The third kappa shape index (κ3) is 1.97. The molecule has 0 saturated carbocycles. The van der Waals surface area contributed by atoms with Gasteiger partial charge in [-0.2, -0.15) is 0 Å². The van der Waals surface area contributed by atoms with Gasteiger partial charge in [0.15, 0.2) is 0 Å². The summed E-state index contributed by atoms with van der Waals surface area (Å²) in [6.07, 6.45) is 0. The summed E-state index contributed by atoms with van der Waals surface area (Å²) in [7, 11) is -1.48. The first-order valence-electron chi connectivity index (χ1n) is 4.51. The summed E-state index contributed by atoms with van der Waals surface area (Å²) in [5.41, 5.74) is 2.00. The standard InChI is InChI=1S/C10H9BClNO2/c1-6-4-9(12)8-5-7(11(14)15)2-3-10(8)13-6/h2-5,14-15H,1H3. The Balaban J connectivity index is 2.71. The SMILES string of the molecule is Cc1cc(Cl)c2cc(B(O)O)ccc2n1. The molecule has 2 rings (SSSR count). The van der Waals surface area contributed by atoms with Crippen LogP contribution in [0.3, 0.4) is 0 Å². The highest BCUT2D eigenvalue weighted by atomic mass is 35.5. The van der Waals surface area contributed by atoms with Crippen molar-refractivity contribution in [3.63, 3.8) is 0 Å². The second-order valence-electron chi connectivity index (χ2n) is 3.40. The van der Waals surface area contributed by atoms with Crippen LogP contribution in [0.2, 0.25) is 5.02 Å². The lowest BCUT2D eigenvalue weighted by Crippen LogP contribution is -2.29. The Kier molecular flexibility index (Phi) is 2.65. The molecular weight excluding hydrogens is 212 g/mol. The number of nitrogens with zero attached hydrogens (tertiary/aromatic N) is 1. The van der Waals surface area contributed by atoms with E-state index in [0.717, 1.165) is 16.6 Å². The van der Waals surface area contributed by atoms with Crippen molar-refractivity contribution in [2.45, 2.75) is 6.92 Å². The van der Waals surface area contributed by atoms with Gasteiger partial charge in [0.2, 0.25) is 0 Å². The minimum Gasteiger partial charge on any atom is -0.423 e. The Morgan fingerprint density at radius 2 is 2.00 bits per heavy atom. The maximum absolute atomic E-state index is 9.02. The van der Waals surface area contributed by atoms with E-state index in [0.29, 0.717) is 10.5 Å². The largest absolute Gasteiger partial charge is 0.488 e. The Morgan fingerprint density at radius 1 is 1.27 bits per heavy atom. The van der Waals surface area contributed by atoms with E-state index in [2.05, 4.69) is 4.98 Å². The number of aryl methyl sites for hydroxylation is 1. The third-order valence-electron chi connectivity index (χ3n) is 2.21. The van der Waals surface area contributed by atoms with Gasteiger partial charge in [0.25, 0.3) is 0 Å². The molecule has 2 aromatic rings. The summed E-state index contributed by atoms with van der Waals surface area (Å²) < 4.78 is 0. The van der Waals surface area contributed by atoms with Crippen molar-refractivity contribution in [3.05, 3.63) is 35.0 Å². The molecule has 0 aliphatic rings. The molecule has 0 atom stereocenters. The van der Waals surface area contributed by atoms with Gasteiger partial charge in [-0.1, -0.05) is 23.7 Å². The highest BCUT2D eigenvalue weighted by Gasteiger charge is 2.12. The first kappa shape index (κ1) is 10.4. The summed E-state index contributed by atoms with van der Waals surface area (Å²) in [4.78, 5) is 4.29. The molecule has 5 heteroatoms. The lowest BCUT2D eigenvalue weighted by molar-refractivity contribution is 0.426. The molecule has 2 N–H and O–H groups in total. The molecule has 0 saturated heterocycles. The fourth-order valence-electron chi connectivity index (χ4n) is 1.49. The van der Waals surface area contributed by atoms with E-state index in [4.69, 9.17) is 21.6 Å². The first-order valence-corrected chi connectivity index (χ1v) is 4.88. The van der Waals surface area contributed by atoms with Crippen LogP contribution in [-0.4, -0.2) is 22.2 Å². The number of hydrogen-bond acceptors (Lipinski definition) is 3. The van der Waals surface area contributed by atoms with Gasteiger partial charge in [-0.15, -0.1) is 0 Å². The third-order valence-corrected chi connectivity index (χ3v) is 2.52. The van der Waals surface area contributed by atoms with Crippen LogP contribution in [0.15, 0.2) is 24.3 Å². The molecule has 0 aliphatic heterocycles. The summed E-state index contributed by atoms with van der Waals surface area (Å²) in [6.45, 7) is 1.86. The Morgan fingerprint density at radius 3 is 2.67 bits per heavy atom. The molecular formula is C10H9BClNO2. The number of benzene rings is 1. The van der Waals surface area contributed by atoms with Gasteiger partial charge in [-0.25, -0.2) is 0 Å². The summed E-state index contributed by atoms with van der Waals surface area (Å²) >= 11 is 6.04. The van der Waals surface area contributed by atoms with Gasteiger partial charge in [0, 0.05) is 11.1 Å². The Hall–Kier alpha value is -1.10. The number of hydrogen-bond donors (Lipinski definition) is 2. The molecule has 0 bridgehead atoms. The van der Waals surface area contributed by atoms with Crippen molar-refractivity contribution < 1.29 is 10.0 Å². The number of aromatic nitrogens is 1. The van der Waals surface area contributed by atoms with Gasteiger partial charge in [-0.05, 0) is 24.5 Å². The van der Waals surface area contributed by atoms with Crippen molar-refractivity contribution in [1.82, 2.24) is 4.98 Å². The topological polar surface area (TPSA) is 53.4 Å². The Labute approximate surface area is 92.5 Å². The van der Waals surface area contributed by atoms with E-state index in [9.17, 15) is 0 Å². The normalized spacial score (nSPS) is 10.7. The van der Waals surface area contributed by atoms with Crippen LogP contribution in [0.4, 0.5) is 0 Å². The van der Waals surface area contributed by atoms with Gasteiger partial charge >= 0.3 is 7.12 Å². The number of pyridine rings is 1. The molecule has 0 aliphatic carbocycles. The lowest BCUT2D eigenvalue weighted by Gasteiger charge is -2.04. The van der Waals surface area contributed by atoms with Crippen LogP contribution in [0.1, 0.15) is 5.69 Å². The smallest absolute Gasteiger partial charge is 0.423 e. The van der Waals surface area contributed by atoms with Crippen molar-refractivity contribution >= 4 is 35.1 Å². The maximum atomic E-state index is 9.02. The molecule has 0 radical (unpaired) electrons. The predicted octanol–water partition coefficient (Wildman–Crippen LogP) is 0.876. The zero-order valence-corrected chi connectivity index (χ0v) is 8.86. The van der Waals surface area contributed by atoms with Crippen LogP contribution in [-0.2, 0) is 0 Å². The highest BCUT2D eigenvalue weighted by Crippen LogP contribution is 2.21. The molecule has 1 aromatic carbocycles. The molecule has 3 nitrogen and oxygen atoms in total. The molecule has 15 heavy (non-hydrogen) atoms. The van der Waals surface area contributed by atoms with Crippen LogP contribution in [0.5, 0.6) is 0 Å². The molecule has 0 spiro atoms. The van der Waals surface area contributed by atoms with Gasteiger partial charge in [0.05, 0.1) is 10.5 Å². The van der Waals surface area contributed by atoms with E-state index < -0.39 is 7.12 Å². The van der Waals surface area contributed by atoms with E-state index in [-0.39, 0.29) is 0 Å². The van der Waals surface area contributed by atoms with Crippen LogP contribution in [0, 0.1) is 6.92 Å². The summed E-state index contributed by atoms with van der Waals surface area (Å²) in [5.74, 6) is 0. The predicted molar refractivity (Wildman–Crippen MR) is 61.3 cm³/mol. The number of rotatable bonds is 1. The Bertz CT molecular complexity index is 516. The average molecular weight is 221 g/mol. The summed E-state index contributed by atoms with van der Waals surface area (Å²) in [5, 5.41) is 19.3. The van der Waals surface area contributed by atoms with Crippen LogP contribution >= 0.6 is 11.6 Å². The van der Waals surface area contributed by atoms with Crippen LogP contribution < -0.4 is 5.46 Å². The van der Waals surface area contributed by atoms with Gasteiger partial charge in [-0.3, -0.25) is 4.98 Å². The maximum Gasteiger partial charge on any atom is 0.488 e. The van der Waals surface area contributed by atoms with E-state index in [1.165, 1.54) is 0 Å². The second-order valence-corrected chi connectivity index (χ2v) is 3.80. The van der Waals surface area contributed by atoms with E-state index in [1.807, 2.05) is 6.92 Å². The van der Waals surface area contributed by atoms with E-state index >= 15 is 0 Å². The average Bonchev–Trinajstić information content (AvgIpc) is 2.16. The quantitative estimate of drug-likeness (QED) is 0.703. The molecule has 0 unspecified atom stereocenters. The van der Waals surface area contributed by atoms with Crippen molar-refractivity contribution in [2.24, 2.45) is 0 Å². The summed E-state index contributed by atoms with van der Waals surface area (Å²) in [6, 6.07) is 6.73. The fraction of sp³-hybridized carbons (Fsp3) is 0.100. The van der Waals surface area contributed by atoms with Gasteiger partial charge in [0.1, 0.15) is 0 Å². The second kappa shape index (κ2) is 3.81.